The number of carbonyl (C=O) groups excluding carboxylic acids is 2. The first kappa shape index (κ1) is 27.4. The van der Waals surface area contributed by atoms with E-state index in [0.29, 0.717) is 41.0 Å². The zero-order valence-corrected chi connectivity index (χ0v) is 21.9. The van der Waals surface area contributed by atoms with Crippen LogP contribution >= 0.6 is 0 Å². The molecule has 4 aromatic rings. The van der Waals surface area contributed by atoms with Crippen molar-refractivity contribution in [3.8, 4) is 5.75 Å². The van der Waals surface area contributed by atoms with E-state index in [-0.39, 0.29) is 23.8 Å². The Morgan fingerprint density at radius 3 is 2.61 bits per heavy atom. The van der Waals surface area contributed by atoms with E-state index in [1.807, 2.05) is 13.0 Å². The summed E-state index contributed by atoms with van der Waals surface area (Å²) in [5, 5.41) is 5.67. The summed E-state index contributed by atoms with van der Waals surface area (Å²) in [6, 6.07) is 12.0. The summed E-state index contributed by atoms with van der Waals surface area (Å²) in [7, 11) is 1.42. The minimum absolute atomic E-state index is 0.131. The summed E-state index contributed by atoms with van der Waals surface area (Å²) < 4.78 is 44.8. The number of ether oxygens (including phenoxy) is 1. The Bertz CT molecular complexity index is 1600. The third kappa shape index (κ3) is 5.88. The molecule has 3 amide bonds. The quantitative estimate of drug-likeness (QED) is 0.290. The van der Waals surface area contributed by atoms with Crippen molar-refractivity contribution in [2.75, 3.05) is 34.1 Å². The Hall–Kier alpha value is -5.20. The highest BCUT2D eigenvalue weighted by Gasteiger charge is 2.33. The maximum Gasteiger partial charge on any atom is 0.416 e. The smallest absolute Gasteiger partial charge is 0.416 e. The van der Waals surface area contributed by atoms with Crippen LogP contribution in [0.1, 0.15) is 28.4 Å². The van der Waals surface area contributed by atoms with E-state index in [1.165, 1.54) is 29.0 Å². The van der Waals surface area contributed by atoms with Crippen LogP contribution in [0, 0.1) is 0 Å². The zero-order valence-electron chi connectivity index (χ0n) is 21.9. The van der Waals surface area contributed by atoms with Gasteiger partial charge < -0.3 is 15.4 Å². The van der Waals surface area contributed by atoms with Gasteiger partial charge in [-0.05, 0) is 43.3 Å². The van der Waals surface area contributed by atoms with Crippen molar-refractivity contribution >= 4 is 40.8 Å². The van der Waals surface area contributed by atoms with E-state index in [1.54, 1.807) is 36.8 Å². The number of nitrogens with one attached hydrogen (secondary N) is 2. The van der Waals surface area contributed by atoms with Gasteiger partial charge in [-0.15, -0.1) is 0 Å². The molecule has 210 valence electrons. The normalized spacial score (nSPS) is 13.0. The van der Waals surface area contributed by atoms with Gasteiger partial charge in [0.1, 0.15) is 11.6 Å². The van der Waals surface area contributed by atoms with Crippen molar-refractivity contribution in [3.63, 3.8) is 0 Å². The van der Waals surface area contributed by atoms with Crippen LogP contribution in [0.2, 0.25) is 0 Å². The van der Waals surface area contributed by atoms with E-state index in [4.69, 9.17) is 4.74 Å². The molecule has 0 spiro atoms. The number of amides is 3. The lowest BCUT2D eigenvalue weighted by molar-refractivity contribution is -0.137. The van der Waals surface area contributed by atoms with Crippen molar-refractivity contribution < 1.29 is 27.5 Å². The number of alkyl halides is 3. The van der Waals surface area contributed by atoms with Crippen LogP contribution < -0.4 is 25.2 Å². The number of fused-ring (bicyclic) bond motifs is 1. The number of halogens is 3. The molecule has 0 saturated carbocycles. The molecular formula is C28H24F3N7O3. The third-order valence-electron chi connectivity index (χ3n) is 6.27. The van der Waals surface area contributed by atoms with Crippen LogP contribution in [0.3, 0.4) is 0 Å². The number of nitrogens with zero attached hydrogens (tertiary/aromatic N) is 5. The Kier molecular flexibility index (Phi) is 7.42. The van der Waals surface area contributed by atoms with Gasteiger partial charge in [-0.3, -0.25) is 19.6 Å². The van der Waals surface area contributed by atoms with Crippen molar-refractivity contribution in [2.24, 2.45) is 0 Å². The minimum Gasteiger partial charge on any atom is -0.497 e. The molecule has 0 saturated heterocycles. The van der Waals surface area contributed by atoms with Gasteiger partial charge in [0.05, 0.1) is 36.8 Å². The van der Waals surface area contributed by atoms with Gasteiger partial charge in [0.2, 0.25) is 5.95 Å². The molecule has 10 nitrogen and oxygen atoms in total. The summed E-state index contributed by atoms with van der Waals surface area (Å²) in [5.41, 5.74) is 0.897. The highest BCUT2D eigenvalue weighted by molar-refractivity contribution is 6.07. The van der Waals surface area contributed by atoms with Crippen LogP contribution in [0.15, 0.2) is 73.2 Å². The maximum atomic E-state index is 13.6. The fraction of sp³-hybridized carbons (Fsp3) is 0.179. The van der Waals surface area contributed by atoms with Crippen molar-refractivity contribution in [2.45, 2.75) is 19.6 Å². The number of hydrogen-bond acceptors (Lipinski definition) is 7. The fourth-order valence-electron chi connectivity index (χ4n) is 4.30. The summed E-state index contributed by atoms with van der Waals surface area (Å²) in [4.78, 5) is 42.4. The topological polar surface area (TPSA) is 113 Å². The summed E-state index contributed by atoms with van der Waals surface area (Å²) in [5.74, 6) is 0.340. The van der Waals surface area contributed by atoms with E-state index < -0.39 is 17.6 Å². The lowest BCUT2D eigenvalue weighted by atomic mass is 10.1. The maximum absolute atomic E-state index is 13.6. The molecule has 0 unspecified atom stereocenters. The van der Waals surface area contributed by atoms with Gasteiger partial charge in [0.25, 0.3) is 5.91 Å². The molecule has 0 atom stereocenters. The summed E-state index contributed by atoms with van der Waals surface area (Å²) >= 11 is 0. The van der Waals surface area contributed by atoms with Crippen molar-refractivity contribution in [1.82, 2.24) is 15.0 Å². The van der Waals surface area contributed by atoms with E-state index in [0.717, 1.165) is 18.2 Å². The van der Waals surface area contributed by atoms with Crippen LogP contribution in [-0.2, 0) is 12.7 Å². The van der Waals surface area contributed by atoms with Gasteiger partial charge in [-0.1, -0.05) is 6.07 Å². The average Bonchev–Trinajstić information content (AvgIpc) is 2.97. The molecule has 2 aromatic heterocycles. The number of carbonyl (C=O) groups is 2. The molecule has 3 heterocycles. The lowest BCUT2D eigenvalue weighted by Crippen LogP contribution is -2.48. The van der Waals surface area contributed by atoms with E-state index in [2.05, 4.69) is 25.6 Å². The van der Waals surface area contributed by atoms with Crippen LogP contribution in [0.4, 0.5) is 46.8 Å². The average molecular weight is 564 g/mol. The van der Waals surface area contributed by atoms with Crippen LogP contribution in [-0.4, -0.2) is 40.5 Å². The van der Waals surface area contributed by atoms with Gasteiger partial charge in [0.15, 0.2) is 0 Å². The highest BCUT2D eigenvalue weighted by atomic mass is 19.4. The molecule has 0 aliphatic carbocycles. The van der Waals surface area contributed by atoms with E-state index in [9.17, 15) is 22.8 Å². The number of benzene rings is 2. The number of methoxy groups -OCH3 is 1. The number of anilines is 5. The molecule has 2 N–H and O–H groups in total. The molecule has 5 rings (SSSR count). The van der Waals surface area contributed by atoms with Gasteiger partial charge in [0, 0.05) is 47.9 Å². The summed E-state index contributed by atoms with van der Waals surface area (Å²) in [6.07, 6.45) is 0.305. The molecule has 2 aromatic carbocycles. The highest BCUT2D eigenvalue weighted by Crippen LogP contribution is 2.35. The lowest BCUT2D eigenvalue weighted by Gasteiger charge is -2.35. The molecule has 0 bridgehead atoms. The Morgan fingerprint density at radius 1 is 1.07 bits per heavy atom. The standard InChI is InChI=1S/C28H24F3N7O3/c1-3-37-24-18(14-33-26(36-24)35-20-8-5-9-32-15-20)16-38(27(37)40)22-11-21(12-23(13-22)41-2)34-25(39)17-6-4-7-19(10-17)28(29,30)31/h4-15H,3,16H2,1-2H3,(H,34,39)(H,33,35,36). The number of pyridine rings is 1. The first-order valence-corrected chi connectivity index (χ1v) is 12.5. The summed E-state index contributed by atoms with van der Waals surface area (Å²) in [6.45, 7) is 2.26. The SMILES string of the molecule is CCN1C(=O)N(c2cc(NC(=O)c3cccc(C(F)(F)F)c3)cc(OC)c2)Cc2cnc(Nc3cccnc3)nc21. The first-order valence-electron chi connectivity index (χ1n) is 12.5. The predicted molar refractivity (Wildman–Crippen MR) is 147 cm³/mol. The molecule has 0 radical (unpaired) electrons. The third-order valence-corrected chi connectivity index (χ3v) is 6.27. The Balaban J connectivity index is 1.42. The molecule has 41 heavy (non-hydrogen) atoms. The number of hydrogen-bond donors (Lipinski definition) is 2. The van der Waals surface area contributed by atoms with Gasteiger partial charge in [-0.2, -0.15) is 18.2 Å². The van der Waals surface area contributed by atoms with Crippen molar-refractivity contribution in [3.05, 3.63) is 89.9 Å². The number of rotatable bonds is 7. The number of urea groups is 1. The largest absolute Gasteiger partial charge is 0.497 e. The molecule has 1 aliphatic rings. The van der Waals surface area contributed by atoms with Crippen LogP contribution in [0.25, 0.3) is 0 Å². The molecule has 0 fully saturated rings. The zero-order chi connectivity index (χ0) is 29.1. The first-order chi connectivity index (χ1) is 19.7. The van der Waals surface area contributed by atoms with Crippen molar-refractivity contribution in [1.29, 1.82) is 0 Å². The fourth-order valence-corrected chi connectivity index (χ4v) is 4.30. The minimum atomic E-state index is -4.59. The second kappa shape index (κ2) is 11.1. The Morgan fingerprint density at radius 2 is 1.90 bits per heavy atom. The molecule has 1 aliphatic heterocycles. The number of aromatic nitrogens is 3. The second-order valence-corrected chi connectivity index (χ2v) is 8.97. The molecular weight excluding hydrogens is 539 g/mol. The monoisotopic (exact) mass is 563 g/mol. The predicted octanol–water partition coefficient (Wildman–Crippen LogP) is 5.86. The second-order valence-electron chi connectivity index (χ2n) is 8.97. The van der Waals surface area contributed by atoms with Gasteiger partial charge in [-0.25, -0.2) is 9.78 Å². The van der Waals surface area contributed by atoms with Crippen LogP contribution in [0.5, 0.6) is 5.75 Å². The van der Waals surface area contributed by atoms with Gasteiger partial charge >= 0.3 is 12.2 Å². The van der Waals surface area contributed by atoms with E-state index >= 15 is 0 Å². The molecule has 13 heteroatoms. The Labute approximate surface area is 232 Å².